The summed E-state index contributed by atoms with van der Waals surface area (Å²) in [5.74, 6) is 0.653. The molecular formula is C18H27ClN4O2. The largest absolute Gasteiger partial charge is 0.354 e. The van der Waals surface area contributed by atoms with Gasteiger partial charge in [-0.25, -0.2) is 4.79 Å². The van der Waals surface area contributed by atoms with Gasteiger partial charge in [-0.05, 0) is 43.7 Å². The van der Waals surface area contributed by atoms with Gasteiger partial charge in [0.05, 0.1) is 0 Å². The Balaban J connectivity index is 0.00000225. The third kappa shape index (κ3) is 5.61. The van der Waals surface area contributed by atoms with E-state index in [2.05, 4.69) is 10.6 Å². The number of urea groups is 1. The number of carbonyl (C=O) groups excluding carboxylic acids is 2. The van der Waals surface area contributed by atoms with Crippen LogP contribution in [0.4, 0.5) is 10.5 Å². The molecule has 4 N–H and O–H groups in total. The molecule has 138 valence electrons. The molecule has 1 atom stereocenters. The number of likely N-dealkylation sites (tertiary alicyclic amines) is 1. The molecule has 3 amide bonds. The molecule has 0 bridgehead atoms. The molecule has 1 aliphatic carbocycles. The van der Waals surface area contributed by atoms with Gasteiger partial charge in [-0.2, -0.15) is 0 Å². The van der Waals surface area contributed by atoms with Gasteiger partial charge >= 0.3 is 6.03 Å². The van der Waals surface area contributed by atoms with E-state index in [9.17, 15) is 9.59 Å². The summed E-state index contributed by atoms with van der Waals surface area (Å²) in [6.07, 6.45) is 3.78. The van der Waals surface area contributed by atoms with Crippen molar-refractivity contribution in [2.75, 3.05) is 25.0 Å². The highest BCUT2D eigenvalue weighted by molar-refractivity contribution is 5.89. The second-order valence-corrected chi connectivity index (χ2v) is 6.80. The zero-order valence-corrected chi connectivity index (χ0v) is 15.1. The Labute approximate surface area is 154 Å². The van der Waals surface area contributed by atoms with Gasteiger partial charge in [0.15, 0.2) is 0 Å². The van der Waals surface area contributed by atoms with Crippen LogP contribution < -0.4 is 16.4 Å². The SMILES string of the molecule is Cl.NC(CNC(=O)C1CCN(C(=O)Nc2ccccc2)CC1)C1CC1. The number of halogens is 1. The Morgan fingerprint density at radius 3 is 2.36 bits per heavy atom. The average molecular weight is 367 g/mol. The fraction of sp³-hybridized carbons (Fsp3) is 0.556. The van der Waals surface area contributed by atoms with Gasteiger partial charge < -0.3 is 21.3 Å². The van der Waals surface area contributed by atoms with E-state index < -0.39 is 0 Å². The summed E-state index contributed by atoms with van der Waals surface area (Å²) < 4.78 is 0. The van der Waals surface area contributed by atoms with Crippen LogP contribution >= 0.6 is 12.4 Å². The smallest absolute Gasteiger partial charge is 0.321 e. The second-order valence-electron chi connectivity index (χ2n) is 6.80. The first kappa shape index (κ1) is 19.5. The summed E-state index contributed by atoms with van der Waals surface area (Å²) >= 11 is 0. The third-order valence-electron chi connectivity index (χ3n) is 4.92. The highest BCUT2D eigenvalue weighted by Gasteiger charge is 2.30. The van der Waals surface area contributed by atoms with Crippen LogP contribution in [0.2, 0.25) is 0 Å². The maximum Gasteiger partial charge on any atom is 0.321 e. The Kier molecular flexibility index (Phi) is 7.08. The summed E-state index contributed by atoms with van der Waals surface area (Å²) in [5, 5.41) is 5.86. The average Bonchev–Trinajstić information content (AvgIpc) is 3.45. The lowest BCUT2D eigenvalue weighted by Crippen LogP contribution is -2.46. The first-order valence-electron chi connectivity index (χ1n) is 8.78. The van der Waals surface area contributed by atoms with Gasteiger partial charge in [-0.1, -0.05) is 18.2 Å². The first-order chi connectivity index (χ1) is 11.6. The van der Waals surface area contributed by atoms with Crippen LogP contribution in [0.1, 0.15) is 25.7 Å². The minimum absolute atomic E-state index is 0. The van der Waals surface area contributed by atoms with E-state index in [4.69, 9.17) is 5.73 Å². The fourth-order valence-electron chi connectivity index (χ4n) is 3.12. The number of nitrogens with one attached hydrogen (secondary N) is 2. The van der Waals surface area contributed by atoms with E-state index >= 15 is 0 Å². The van der Waals surface area contributed by atoms with Gasteiger partial charge in [0.2, 0.25) is 5.91 Å². The molecule has 2 fully saturated rings. The molecule has 3 rings (SSSR count). The lowest BCUT2D eigenvalue weighted by molar-refractivity contribution is -0.126. The van der Waals surface area contributed by atoms with Crippen molar-refractivity contribution in [2.45, 2.75) is 31.7 Å². The zero-order chi connectivity index (χ0) is 16.9. The maximum atomic E-state index is 12.2. The van der Waals surface area contributed by atoms with E-state index in [1.807, 2.05) is 30.3 Å². The quantitative estimate of drug-likeness (QED) is 0.746. The molecule has 0 spiro atoms. The molecular weight excluding hydrogens is 340 g/mol. The number of anilines is 1. The summed E-state index contributed by atoms with van der Waals surface area (Å²) in [6.45, 7) is 1.77. The summed E-state index contributed by atoms with van der Waals surface area (Å²) in [6, 6.07) is 9.40. The molecule has 1 heterocycles. The Bertz CT molecular complexity index is 572. The van der Waals surface area contributed by atoms with Gasteiger partial charge in [-0.15, -0.1) is 12.4 Å². The van der Waals surface area contributed by atoms with Crippen LogP contribution in [-0.4, -0.2) is 42.5 Å². The molecule has 1 saturated carbocycles. The number of nitrogens with zero attached hydrogens (tertiary/aromatic N) is 1. The Morgan fingerprint density at radius 1 is 1.12 bits per heavy atom. The van der Waals surface area contributed by atoms with Crippen molar-refractivity contribution in [1.29, 1.82) is 0 Å². The number of piperidine rings is 1. The van der Waals surface area contributed by atoms with Crippen LogP contribution in [0.5, 0.6) is 0 Å². The molecule has 1 saturated heterocycles. The number of hydrogen-bond acceptors (Lipinski definition) is 3. The van der Waals surface area contributed by atoms with Crippen LogP contribution in [0.25, 0.3) is 0 Å². The van der Waals surface area contributed by atoms with Crippen LogP contribution in [0.3, 0.4) is 0 Å². The molecule has 25 heavy (non-hydrogen) atoms. The van der Waals surface area contributed by atoms with Gasteiger partial charge in [0.25, 0.3) is 0 Å². The standard InChI is InChI=1S/C18H26N4O2.ClH/c19-16(13-6-7-13)12-20-17(23)14-8-10-22(11-9-14)18(24)21-15-4-2-1-3-5-15;/h1-5,13-14,16H,6-12,19H2,(H,20,23)(H,21,24);1H. The van der Waals surface area contributed by atoms with E-state index in [1.165, 1.54) is 12.8 Å². The minimum Gasteiger partial charge on any atom is -0.354 e. The van der Waals surface area contributed by atoms with E-state index in [0.29, 0.717) is 38.4 Å². The molecule has 6 nitrogen and oxygen atoms in total. The summed E-state index contributed by atoms with van der Waals surface area (Å²) in [4.78, 5) is 26.2. The van der Waals surface area contributed by atoms with E-state index in [1.54, 1.807) is 4.90 Å². The molecule has 0 aromatic heterocycles. The number of para-hydroxylation sites is 1. The topological polar surface area (TPSA) is 87.5 Å². The van der Waals surface area contributed by atoms with Crippen molar-refractivity contribution < 1.29 is 9.59 Å². The molecule has 2 aliphatic rings. The van der Waals surface area contributed by atoms with Crippen molar-refractivity contribution in [3.63, 3.8) is 0 Å². The third-order valence-corrected chi connectivity index (χ3v) is 4.92. The van der Waals surface area contributed by atoms with Crippen molar-refractivity contribution in [3.05, 3.63) is 30.3 Å². The molecule has 1 aromatic carbocycles. The van der Waals surface area contributed by atoms with Gasteiger partial charge in [0.1, 0.15) is 0 Å². The Hall–Kier alpha value is -1.79. The predicted octanol–water partition coefficient (Wildman–Crippen LogP) is 2.21. The number of nitrogens with two attached hydrogens (primary N) is 1. The lowest BCUT2D eigenvalue weighted by Gasteiger charge is -2.31. The summed E-state index contributed by atoms with van der Waals surface area (Å²) in [5.41, 5.74) is 6.80. The number of hydrogen-bond donors (Lipinski definition) is 3. The number of rotatable bonds is 5. The summed E-state index contributed by atoms with van der Waals surface area (Å²) in [7, 11) is 0. The van der Waals surface area contributed by atoms with Crippen LogP contribution in [0.15, 0.2) is 30.3 Å². The normalized spacial score (nSPS) is 18.8. The molecule has 1 aromatic rings. The molecule has 7 heteroatoms. The predicted molar refractivity (Wildman–Crippen MR) is 101 cm³/mol. The van der Waals surface area contributed by atoms with Crippen molar-refractivity contribution >= 4 is 30.0 Å². The first-order valence-corrected chi connectivity index (χ1v) is 8.78. The highest BCUT2D eigenvalue weighted by Crippen LogP contribution is 2.31. The number of carbonyl (C=O) groups is 2. The molecule has 1 unspecified atom stereocenters. The molecule has 0 radical (unpaired) electrons. The number of benzene rings is 1. The number of amides is 3. The second kappa shape index (κ2) is 9.06. The minimum atomic E-state index is -0.101. The van der Waals surface area contributed by atoms with Gasteiger partial charge in [0, 0.05) is 37.3 Å². The fourth-order valence-corrected chi connectivity index (χ4v) is 3.12. The maximum absolute atomic E-state index is 12.2. The monoisotopic (exact) mass is 366 g/mol. The zero-order valence-electron chi connectivity index (χ0n) is 14.3. The van der Waals surface area contributed by atoms with Crippen molar-refractivity contribution in [1.82, 2.24) is 10.2 Å². The van der Waals surface area contributed by atoms with Gasteiger partial charge in [-0.3, -0.25) is 4.79 Å². The molecule has 1 aliphatic heterocycles. The van der Waals surface area contributed by atoms with Crippen molar-refractivity contribution in [3.8, 4) is 0 Å². The Morgan fingerprint density at radius 2 is 1.76 bits per heavy atom. The van der Waals surface area contributed by atoms with Crippen LogP contribution in [-0.2, 0) is 4.79 Å². The highest BCUT2D eigenvalue weighted by atomic mass is 35.5. The van der Waals surface area contributed by atoms with Crippen LogP contribution in [0, 0.1) is 11.8 Å². The van der Waals surface area contributed by atoms with E-state index in [0.717, 1.165) is 5.69 Å². The van der Waals surface area contributed by atoms with Crippen molar-refractivity contribution in [2.24, 2.45) is 17.6 Å². The van der Waals surface area contributed by atoms with E-state index in [-0.39, 0.29) is 36.3 Å². The lowest BCUT2D eigenvalue weighted by atomic mass is 9.96.